The normalized spacial score (nSPS) is 28.9. The Morgan fingerprint density at radius 2 is 1.42 bits per heavy atom. The minimum Gasteiger partial charge on any atom is -0.508 e. The van der Waals surface area contributed by atoms with Crippen LogP contribution in [0.25, 0.3) is 28.4 Å². The van der Waals surface area contributed by atoms with Gasteiger partial charge in [-0.05, 0) is 55.0 Å². The van der Waals surface area contributed by atoms with Gasteiger partial charge in [-0.3, -0.25) is 4.79 Å². The summed E-state index contributed by atoms with van der Waals surface area (Å²) >= 11 is 0. The van der Waals surface area contributed by atoms with Gasteiger partial charge in [0.15, 0.2) is 18.2 Å². The fraction of sp³-hybridized carbons (Fsp3) is 0.333. The predicted molar refractivity (Wildman–Crippen MR) is 180 cm³/mol. The van der Waals surface area contributed by atoms with E-state index >= 15 is 0 Å². The zero-order valence-corrected chi connectivity index (χ0v) is 27.7. The number of hydrogen-bond acceptors (Lipinski definition) is 17. The number of aromatic hydroxyl groups is 4. The van der Waals surface area contributed by atoms with Crippen LogP contribution in [-0.2, 0) is 23.7 Å². The van der Waals surface area contributed by atoms with E-state index in [9.17, 15) is 55.5 Å². The summed E-state index contributed by atoms with van der Waals surface area (Å²) in [7, 11) is 0. The first-order valence-electron chi connectivity index (χ1n) is 16.2. The monoisotopic (exact) mass is 740 g/mol. The van der Waals surface area contributed by atoms with Gasteiger partial charge in [-0.15, -0.1) is 0 Å². The molecule has 17 heteroatoms. The van der Waals surface area contributed by atoms with Crippen LogP contribution in [0.3, 0.4) is 0 Å². The predicted octanol–water partition coefficient (Wildman–Crippen LogP) is 0.577. The molecule has 5 unspecified atom stereocenters. The second-order valence-corrected chi connectivity index (χ2v) is 12.5. The fourth-order valence-electron chi connectivity index (χ4n) is 5.84. The van der Waals surface area contributed by atoms with E-state index in [1.165, 1.54) is 61.5 Å². The number of esters is 1. The Morgan fingerprint density at radius 3 is 2.09 bits per heavy atom. The molecule has 3 aromatic carbocycles. The van der Waals surface area contributed by atoms with Crippen molar-refractivity contribution in [1.82, 2.24) is 0 Å². The SMILES string of the molecule is CC1O[C@@H](OCC2O[C@@H](Oc3c(-c4ccc(O)cc4)oc4cc(O)cc(O)c4c3=O)C(O)C(O)[C@H]2OC(=O)/C=C\c2ccc(O)cc2)C(O)[C@@H](O)[C@H]1O. The van der Waals surface area contributed by atoms with Crippen LogP contribution in [0, 0.1) is 0 Å². The van der Waals surface area contributed by atoms with Gasteiger partial charge in [0.1, 0.15) is 70.6 Å². The molecule has 9 N–H and O–H groups in total. The molecule has 0 aliphatic carbocycles. The Labute approximate surface area is 299 Å². The van der Waals surface area contributed by atoms with Crippen molar-refractivity contribution < 1.29 is 78.9 Å². The van der Waals surface area contributed by atoms with Gasteiger partial charge in [-0.25, -0.2) is 4.79 Å². The minimum absolute atomic E-state index is 0.00274. The van der Waals surface area contributed by atoms with Crippen molar-refractivity contribution in [3.05, 3.63) is 82.5 Å². The number of aliphatic hydroxyl groups is 5. The van der Waals surface area contributed by atoms with Crippen molar-refractivity contribution in [3.8, 4) is 40.1 Å². The summed E-state index contributed by atoms with van der Waals surface area (Å²) in [5.41, 5.74) is -0.569. The summed E-state index contributed by atoms with van der Waals surface area (Å²) in [6.07, 6.45) is -14.2. The molecule has 0 saturated carbocycles. The third kappa shape index (κ3) is 7.92. The molecule has 0 spiro atoms. The first kappa shape index (κ1) is 37.5. The van der Waals surface area contributed by atoms with Crippen LogP contribution in [0.1, 0.15) is 12.5 Å². The van der Waals surface area contributed by atoms with Crippen LogP contribution in [0.4, 0.5) is 0 Å². The lowest BCUT2D eigenvalue weighted by Crippen LogP contribution is -2.62. The molecular weight excluding hydrogens is 704 g/mol. The summed E-state index contributed by atoms with van der Waals surface area (Å²) in [6, 6.07) is 13.0. The first-order chi connectivity index (χ1) is 25.2. The van der Waals surface area contributed by atoms with E-state index in [0.717, 1.165) is 18.2 Å². The van der Waals surface area contributed by atoms with Crippen LogP contribution in [-0.4, -0.2) is 120 Å². The largest absolute Gasteiger partial charge is 0.508 e. The number of carbonyl (C=O) groups is 1. The third-order valence-electron chi connectivity index (χ3n) is 8.71. The molecule has 17 nitrogen and oxygen atoms in total. The van der Waals surface area contributed by atoms with Crippen LogP contribution in [0.5, 0.6) is 28.7 Å². The van der Waals surface area contributed by atoms with Crippen LogP contribution in [0.2, 0.25) is 0 Å². The summed E-state index contributed by atoms with van der Waals surface area (Å²) in [4.78, 5) is 26.8. The maximum absolute atomic E-state index is 13.9. The highest BCUT2D eigenvalue weighted by atomic mass is 16.7. The van der Waals surface area contributed by atoms with Gasteiger partial charge in [0.25, 0.3) is 0 Å². The molecule has 2 aliphatic heterocycles. The maximum Gasteiger partial charge on any atom is 0.331 e. The molecule has 1 aromatic heterocycles. The average Bonchev–Trinajstić information content (AvgIpc) is 3.12. The van der Waals surface area contributed by atoms with E-state index in [1.54, 1.807) is 0 Å². The number of phenolic OH excluding ortho intramolecular Hbond substituents is 4. The molecule has 0 amide bonds. The molecule has 6 rings (SSSR count). The highest BCUT2D eigenvalue weighted by molar-refractivity contribution is 5.88. The smallest absolute Gasteiger partial charge is 0.331 e. The van der Waals surface area contributed by atoms with Crippen molar-refractivity contribution >= 4 is 23.0 Å². The Morgan fingerprint density at radius 1 is 0.774 bits per heavy atom. The van der Waals surface area contributed by atoms with E-state index in [0.29, 0.717) is 5.56 Å². The Kier molecular flexibility index (Phi) is 10.9. The Bertz CT molecular complexity index is 2010. The number of phenols is 4. The summed E-state index contributed by atoms with van der Waals surface area (Å²) in [5.74, 6) is -3.17. The lowest BCUT2D eigenvalue weighted by molar-refractivity contribution is -0.319. The molecular formula is C36H36O17. The van der Waals surface area contributed by atoms with Crippen molar-refractivity contribution in [1.29, 1.82) is 0 Å². The van der Waals surface area contributed by atoms with Gasteiger partial charge < -0.3 is 74.1 Å². The van der Waals surface area contributed by atoms with Crippen LogP contribution < -0.4 is 10.2 Å². The molecule has 2 aliphatic rings. The number of aliphatic hydroxyl groups excluding tert-OH is 5. The maximum atomic E-state index is 13.9. The summed E-state index contributed by atoms with van der Waals surface area (Å²) in [5, 5.41) is 92.9. The van der Waals surface area contributed by atoms with E-state index in [2.05, 4.69) is 0 Å². The Balaban J connectivity index is 1.33. The average molecular weight is 741 g/mol. The van der Waals surface area contributed by atoms with Crippen molar-refractivity contribution in [3.63, 3.8) is 0 Å². The van der Waals surface area contributed by atoms with Crippen LogP contribution >= 0.6 is 0 Å². The van der Waals surface area contributed by atoms with Gasteiger partial charge in [-0.1, -0.05) is 12.1 Å². The zero-order chi connectivity index (χ0) is 38.1. The zero-order valence-electron chi connectivity index (χ0n) is 27.7. The van der Waals surface area contributed by atoms with E-state index < -0.39 is 102 Å². The van der Waals surface area contributed by atoms with Gasteiger partial charge in [-0.2, -0.15) is 0 Å². The molecule has 0 radical (unpaired) electrons. The van der Waals surface area contributed by atoms with E-state index in [1.807, 2.05) is 0 Å². The fourth-order valence-corrected chi connectivity index (χ4v) is 5.84. The molecule has 4 aromatic rings. The highest BCUT2D eigenvalue weighted by Gasteiger charge is 2.50. The standard InChI is InChI=1S/C36H36O17/c1-15-26(42)28(44)30(46)35(49-15)48-14-23-33(52-24(41)11-4-16-2-7-18(37)8-3-16)29(45)31(47)36(51-23)53-34-27(43)25-21(40)12-20(39)13-22(25)50-32(34)17-5-9-19(38)10-6-17/h2-13,15,23,26,28-31,33,35-40,42,44-47H,14H2,1H3/b11-4-/t15?,23?,26-,28-,29?,30?,31?,33-,35+,36-/m0/s1. The minimum atomic E-state index is -2.03. The molecule has 3 heterocycles. The molecule has 282 valence electrons. The number of rotatable bonds is 9. The van der Waals surface area contributed by atoms with Gasteiger partial charge in [0.2, 0.25) is 17.5 Å². The first-order valence-corrected chi connectivity index (χ1v) is 16.2. The number of carbonyl (C=O) groups excluding carboxylic acids is 1. The van der Waals surface area contributed by atoms with Crippen LogP contribution in [0.15, 0.2) is 76.0 Å². The molecule has 10 atom stereocenters. The number of benzene rings is 3. The second-order valence-electron chi connectivity index (χ2n) is 12.5. The van der Waals surface area contributed by atoms with Gasteiger partial charge in [0.05, 0.1) is 12.7 Å². The molecule has 0 bridgehead atoms. The summed E-state index contributed by atoms with van der Waals surface area (Å²) in [6.45, 7) is 0.764. The third-order valence-corrected chi connectivity index (χ3v) is 8.71. The second kappa shape index (κ2) is 15.4. The molecule has 2 saturated heterocycles. The quantitative estimate of drug-likeness (QED) is 0.0838. The number of ether oxygens (including phenoxy) is 5. The summed E-state index contributed by atoms with van der Waals surface area (Å²) < 4.78 is 34.3. The lowest BCUT2D eigenvalue weighted by atomic mass is 9.98. The lowest BCUT2D eigenvalue weighted by Gasteiger charge is -2.43. The van der Waals surface area contributed by atoms with E-state index in [-0.39, 0.29) is 28.4 Å². The number of fused-ring (bicyclic) bond motifs is 1. The highest BCUT2D eigenvalue weighted by Crippen LogP contribution is 2.38. The van der Waals surface area contributed by atoms with E-state index in [4.69, 9.17) is 28.1 Å². The van der Waals surface area contributed by atoms with Crippen molar-refractivity contribution in [2.45, 2.75) is 68.3 Å². The molecule has 2 fully saturated rings. The number of hydrogen-bond donors (Lipinski definition) is 9. The van der Waals surface area contributed by atoms with Gasteiger partial charge in [0, 0.05) is 23.8 Å². The Hall–Kier alpha value is -5.24. The molecule has 53 heavy (non-hydrogen) atoms. The topological polar surface area (TPSA) is 275 Å². The van der Waals surface area contributed by atoms with Crippen molar-refractivity contribution in [2.75, 3.05) is 6.61 Å². The van der Waals surface area contributed by atoms with Crippen molar-refractivity contribution in [2.24, 2.45) is 0 Å². The van der Waals surface area contributed by atoms with Gasteiger partial charge >= 0.3 is 5.97 Å².